The van der Waals surface area contributed by atoms with Gasteiger partial charge in [-0.3, -0.25) is 9.67 Å². The van der Waals surface area contributed by atoms with E-state index in [1.54, 1.807) is 23.7 Å². The number of aryl methyl sites for hydroxylation is 2. The van der Waals surface area contributed by atoms with Gasteiger partial charge in [0.1, 0.15) is 5.01 Å². The molecule has 1 aromatic carbocycles. The molecule has 0 amide bonds. The minimum atomic E-state index is 0.946. The maximum Gasteiger partial charge on any atom is 0.116 e. The number of hydrogen-bond donors (Lipinski definition) is 0. The van der Waals surface area contributed by atoms with Gasteiger partial charge in [-0.25, -0.2) is 4.98 Å². The molecule has 4 aromatic rings. The standard InChI is InChI=1S/C21H18N4S/c1-15-3-5-16(6-4-15)19-14-26-20(23-19)8-7-18-13-25(2)24-21(18)17-9-11-22-12-10-17/h3-14H,1-2H3/b8-7+. The zero-order valence-electron chi connectivity index (χ0n) is 14.6. The fourth-order valence-corrected chi connectivity index (χ4v) is 3.46. The third kappa shape index (κ3) is 3.48. The van der Waals surface area contributed by atoms with E-state index in [0.717, 1.165) is 33.1 Å². The lowest BCUT2D eigenvalue weighted by molar-refractivity contribution is 0.770. The van der Waals surface area contributed by atoms with E-state index >= 15 is 0 Å². The first kappa shape index (κ1) is 16.4. The van der Waals surface area contributed by atoms with E-state index in [9.17, 15) is 0 Å². The molecule has 0 atom stereocenters. The molecule has 0 saturated carbocycles. The van der Waals surface area contributed by atoms with Gasteiger partial charge in [0.15, 0.2) is 0 Å². The van der Waals surface area contributed by atoms with E-state index in [4.69, 9.17) is 4.98 Å². The average Bonchev–Trinajstić information content (AvgIpc) is 3.28. The van der Waals surface area contributed by atoms with E-state index < -0.39 is 0 Å². The van der Waals surface area contributed by atoms with Gasteiger partial charge in [0.2, 0.25) is 0 Å². The summed E-state index contributed by atoms with van der Waals surface area (Å²) in [7, 11) is 1.93. The molecule has 26 heavy (non-hydrogen) atoms. The molecule has 0 aliphatic rings. The molecule has 0 aliphatic carbocycles. The summed E-state index contributed by atoms with van der Waals surface area (Å²) in [5.41, 5.74) is 6.47. The van der Waals surface area contributed by atoms with Gasteiger partial charge in [0.25, 0.3) is 0 Å². The highest BCUT2D eigenvalue weighted by Gasteiger charge is 2.08. The molecule has 0 unspecified atom stereocenters. The largest absolute Gasteiger partial charge is 0.275 e. The molecule has 4 nitrogen and oxygen atoms in total. The molecule has 0 N–H and O–H groups in total. The van der Waals surface area contributed by atoms with Gasteiger partial charge in [-0.15, -0.1) is 11.3 Å². The van der Waals surface area contributed by atoms with Crippen molar-refractivity contribution in [3.05, 3.63) is 76.5 Å². The zero-order chi connectivity index (χ0) is 17.9. The van der Waals surface area contributed by atoms with E-state index in [2.05, 4.69) is 52.7 Å². The lowest BCUT2D eigenvalue weighted by Gasteiger charge is -1.97. The van der Waals surface area contributed by atoms with Crippen LogP contribution in [0.15, 0.2) is 60.4 Å². The maximum atomic E-state index is 4.73. The minimum Gasteiger partial charge on any atom is -0.275 e. The van der Waals surface area contributed by atoms with Crippen LogP contribution in [0.3, 0.4) is 0 Å². The number of thiazole rings is 1. The predicted octanol–water partition coefficient (Wildman–Crippen LogP) is 5.08. The Morgan fingerprint density at radius 3 is 2.50 bits per heavy atom. The summed E-state index contributed by atoms with van der Waals surface area (Å²) in [6.07, 6.45) is 9.70. The molecule has 5 heteroatoms. The highest BCUT2D eigenvalue weighted by molar-refractivity contribution is 7.10. The van der Waals surface area contributed by atoms with Gasteiger partial charge in [-0.05, 0) is 31.2 Å². The Morgan fingerprint density at radius 1 is 0.962 bits per heavy atom. The van der Waals surface area contributed by atoms with Crippen LogP contribution in [0, 0.1) is 6.92 Å². The fraction of sp³-hybridized carbons (Fsp3) is 0.0952. The summed E-state index contributed by atoms with van der Waals surface area (Å²) in [6, 6.07) is 12.4. The number of benzene rings is 1. The SMILES string of the molecule is Cc1ccc(-c2csc(/C=C/c3cn(C)nc3-c3ccncc3)n2)cc1. The quantitative estimate of drug-likeness (QED) is 0.511. The van der Waals surface area contributed by atoms with Crippen LogP contribution >= 0.6 is 11.3 Å². The van der Waals surface area contributed by atoms with Gasteiger partial charge in [-0.1, -0.05) is 29.8 Å². The molecule has 0 fully saturated rings. The van der Waals surface area contributed by atoms with Crippen molar-refractivity contribution in [2.45, 2.75) is 6.92 Å². The molecule has 3 aromatic heterocycles. The summed E-state index contributed by atoms with van der Waals surface area (Å²) >= 11 is 1.64. The van der Waals surface area contributed by atoms with Crippen LogP contribution < -0.4 is 0 Å². The van der Waals surface area contributed by atoms with Crippen molar-refractivity contribution in [3.8, 4) is 22.5 Å². The molecule has 4 rings (SSSR count). The molecule has 0 radical (unpaired) electrons. The third-order valence-corrected chi connectivity index (χ3v) is 4.90. The Morgan fingerprint density at radius 2 is 1.73 bits per heavy atom. The van der Waals surface area contributed by atoms with E-state index in [-0.39, 0.29) is 0 Å². The second-order valence-corrected chi connectivity index (χ2v) is 7.00. The molecule has 3 heterocycles. The molecular formula is C21H18N4S. The Labute approximate surface area is 156 Å². The van der Waals surface area contributed by atoms with Crippen molar-refractivity contribution in [1.82, 2.24) is 19.7 Å². The zero-order valence-corrected chi connectivity index (χ0v) is 15.4. The average molecular weight is 358 g/mol. The second kappa shape index (κ2) is 7.06. The smallest absolute Gasteiger partial charge is 0.116 e. The molecule has 0 bridgehead atoms. The first-order valence-corrected chi connectivity index (χ1v) is 9.22. The predicted molar refractivity (Wildman–Crippen MR) is 108 cm³/mol. The van der Waals surface area contributed by atoms with Crippen LogP contribution in [0.1, 0.15) is 16.1 Å². The number of aromatic nitrogens is 4. The highest BCUT2D eigenvalue weighted by Crippen LogP contribution is 2.26. The fourth-order valence-electron chi connectivity index (χ4n) is 2.75. The van der Waals surface area contributed by atoms with Gasteiger partial charge >= 0.3 is 0 Å². The van der Waals surface area contributed by atoms with E-state index in [0.29, 0.717) is 0 Å². The Bertz CT molecular complexity index is 1040. The Kier molecular flexibility index (Phi) is 4.46. The summed E-state index contributed by atoms with van der Waals surface area (Å²) in [5, 5.41) is 7.65. The van der Waals surface area contributed by atoms with Gasteiger partial charge in [0.05, 0.1) is 11.4 Å². The summed E-state index contributed by atoms with van der Waals surface area (Å²) in [4.78, 5) is 8.81. The van der Waals surface area contributed by atoms with E-state index in [1.807, 2.05) is 36.1 Å². The molecule has 128 valence electrons. The Hall–Kier alpha value is -3.05. The number of pyridine rings is 1. The monoisotopic (exact) mass is 358 g/mol. The van der Waals surface area contributed by atoms with Gasteiger partial charge in [-0.2, -0.15) is 5.10 Å². The molecule has 0 spiro atoms. The second-order valence-electron chi connectivity index (χ2n) is 6.11. The molecule has 0 saturated heterocycles. The lowest BCUT2D eigenvalue weighted by Crippen LogP contribution is -1.87. The van der Waals surface area contributed by atoms with Crippen LogP contribution in [-0.2, 0) is 7.05 Å². The van der Waals surface area contributed by atoms with Crippen molar-refractivity contribution in [2.75, 3.05) is 0 Å². The summed E-state index contributed by atoms with van der Waals surface area (Å²) in [5.74, 6) is 0. The first-order chi connectivity index (χ1) is 12.7. The molecular weight excluding hydrogens is 340 g/mol. The van der Waals surface area contributed by atoms with Crippen LogP contribution in [0.25, 0.3) is 34.7 Å². The Balaban J connectivity index is 1.61. The number of rotatable bonds is 4. The topological polar surface area (TPSA) is 43.6 Å². The third-order valence-electron chi connectivity index (χ3n) is 4.09. The number of hydrogen-bond acceptors (Lipinski definition) is 4. The minimum absolute atomic E-state index is 0.946. The van der Waals surface area contributed by atoms with Crippen molar-refractivity contribution in [3.63, 3.8) is 0 Å². The van der Waals surface area contributed by atoms with Crippen molar-refractivity contribution >= 4 is 23.5 Å². The van der Waals surface area contributed by atoms with Gasteiger partial charge in [0, 0.05) is 47.7 Å². The lowest BCUT2D eigenvalue weighted by atomic mass is 10.1. The maximum absolute atomic E-state index is 4.73. The van der Waals surface area contributed by atoms with Crippen LogP contribution in [0.4, 0.5) is 0 Å². The van der Waals surface area contributed by atoms with Crippen molar-refractivity contribution in [2.24, 2.45) is 7.05 Å². The van der Waals surface area contributed by atoms with Crippen molar-refractivity contribution < 1.29 is 0 Å². The van der Waals surface area contributed by atoms with Gasteiger partial charge < -0.3 is 0 Å². The summed E-state index contributed by atoms with van der Waals surface area (Å²) < 4.78 is 1.83. The first-order valence-electron chi connectivity index (χ1n) is 8.34. The highest BCUT2D eigenvalue weighted by atomic mass is 32.1. The van der Waals surface area contributed by atoms with E-state index in [1.165, 1.54) is 5.56 Å². The van der Waals surface area contributed by atoms with Crippen LogP contribution in [0.2, 0.25) is 0 Å². The van der Waals surface area contributed by atoms with Crippen molar-refractivity contribution in [1.29, 1.82) is 0 Å². The summed E-state index contributed by atoms with van der Waals surface area (Å²) in [6.45, 7) is 2.09. The van der Waals surface area contributed by atoms with Crippen LogP contribution in [0.5, 0.6) is 0 Å². The van der Waals surface area contributed by atoms with Crippen LogP contribution in [-0.4, -0.2) is 19.7 Å². The molecule has 0 aliphatic heterocycles. The number of nitrogens with zero attached hydrogens (tertiary/aromatic N) is 4. The normalized spacial score (nSPS) is 11.3.